The maximum atomic E-state index is 11.8. The van der Waals surface area contributed by atoms with E-state index < -0.39 is 17.9 Å². The molecule has 0 radical (unpaired) electrons. The number of fused-ring (bicyclic) bond motifs is 4. The fourth-order valence-electron chi connectivity index (χ4n) is 7.01. The summed E-state index contributed by atoms with van der Waals surface area (Å²) in [4.78, 5) is 11.8. The molecule has 0 amide bonds. The van der Waals surface area contributed by atoms with Gasteiger partial charge in [-0.15, -0.1) is 0 Å². The fourth-order valence-corrected chi connectivity index (χ4v) is 7.01. The molecule has 1 aliphatic heterocycles. The zero-order chi connectivity index (χ0) is 18.2. The van der Waals surface area contributed by atoms with Gasteiger partial charge in [-0.3, -0.25) is 0 Å². The largest absolute Gasteiger partial charge is 0.426 e. The first kappa shape index (κ1) is 17.5. The van der Waals surface area contributed by atoms with Crippen LogP contribution in [-0.4, -0.2) is 39.8 Å². The Morgan fingerprint density at radius 1 is 1.32 bits per heavy atom. The van der Waals surface area contributed by atoms with Crippen LogP contribution in [0.15, 0.2) is 11.6 Å². The van der Waals surface area contributed by atoms with E-state index >= 15 is 0 Å². The summed E-state index contributed by atoms with van der Waals surface area (Å²) >= 11 is 0. The van der Waals surface area contributed by atoms with Crippen LogP contribution in [0, 0.1) is 34.5 Å². The molecule has 3 fully saturated rings. The van der Waals surface area contributed by atoms with Crippen molar-refractivity contribution >= 4 is 5.97 Å². The first-order valence-corrected chi connectivity index (χ1v) is 9.61. The normalized spacial score (nSPS) is 54.9. The predicted octanol–water partition coefficient (Wildman–Crippen LogP) is 2.00. The molecule has 3 N–H and O–H groups in total. The van der Waals surface area contributed by atoms with Crippen LogP contribution in [0.1, 0.15) is 52.9 Å². The van der Waals surface area contributed by atoms with E-state index in [2.05, 4.69) is 13.8 Å². The number of aliphatic hydroxyl groups is 3. The third kappa shape index (κ3) is 2.22. The summed E-state index contributed by atoms with van der Waals surface area (Å²) < 4.78 is 5.30. The van der Waals surface area contributed by atoms with Gasteiger partial charge in [0.15, 0.2) is 0 Å². The Morgan fingerprint density at radius 3 is 2.72 bits per heavy atom. The van der Waals surface area contributed by atoms with Crippen molar-refractivity contribution in [3.8, 4) is 0 Å². The topological polar surface area (TPSA) is 87.0 Å². The second-order valence-electron chi connectivity index (χ2n) is 9.51. The maximum absolute atomic E-state index is 11.8. The molecular formula is C20H30O5. The molecule has 1 heterocycles. The summed E-state index contributed by atoms with van der Waals surface area (Å²) in [6, 6.07) is 0. The molecule has 140 valence electrons. The lowest BCUT2D eigenvalue weighted by Gasteiger charge is -2.64. The zero-order valence-corrected chi connectivity index (χ0v) is 15.4. The van der Waals surface area contributed by atoms with E-state index in [0.717, 1.165) is 19.3 Å². The average molecular weight is 350 g/mol. The number of carbonyl (C=O) groups is 1. The second-order valence-corrected chi connectivity index (χ2v) is 9.51. The molecule has 0 saturated heterocycles. The number of carbonyl (C=O) groups excluding carboxylic acids is 1. The van der Waals surface area contributed by atoms with Crippen molar-refractivity contribution in [1.29, 1.82) is 0 Å². The van der Waals surface area contributed by atoms with Crippen LogP contribution in [0.3, 0.4) is 0 Å². The van der Waals surface area contributed by atoms with Gasteiger partial charge in [-0.05, 0) is 53.8 Å². The van der Waals surface area contributed by atoms with Crippen LogP contribution in [0.2, 0.25) is 0 Å². The molecule has 0 spiro atoms. The lowest BCUT2D eigenvalue weighted by Crippen LogP contribution is -2.62. The highest BCUT2D eigenvalue weighted by molar-refractivity contribution is 5.86. The molecule has 5 nitrogen and oxygen atoms in total. The highest BCUT2D eigenvalue weighted by Crippen LogP contribution is 2.66. The van der Waals surface area contributed by atoms with E-state index in [9.17, 15) is 20.1 Å². The number of rotatable bonds is 1. The van der Waals surface area contributed by atoms with E-state index in [0.29, 0.717) is 18.4 Å². The number of ether oxygens (including phenoxy) is 1. The third-order valence-electron chi connectivity index (χ3n) is 8.25. The Morgan fingerprint density at radius 2 is 2.04 bits per heavy atom. The molecule has 5 heteroatoms. The molecule has 3 aliphatic carbocycles. The van der Waals surface area contributed by atoms with Gasteiger partial charge < -0.3 is 20.1 Å². The van der Waals surface area contributed by atoms with Crippen molar-refractivity contribution < 1.29 is 24.9 Å². The van der Waals surface area contributed by atoms with E-state index in [-0.39, 0.29) is 41.1 Å². The molecule has 0 aromatic carbocycles. The summed E-state index contributed by atoms with van der Waals surface area (Å²) in [6.07, 6.45) is 5.00. The molecule has 0 unspecified atom stereocenters. The van der Waals surface area contributed by atoms with Gasteiger partial charge in [0, 0.05) is 24.7 Å². The quantitative estimate of drug-likeness (QED) is 0.630. The van der Waals surface area contributed by atoms with Crippen molar-refractivity contribution in [2.45, 2.75) is 64.8 Å². The molecule has 3 saturated carbocycles. The standard InChI is InChI=1S/C20H30O5/c1-11-12-7-16(23)25-20(12,24)9-13-17(11)14(22)8-15-18(2,10-21)5-4-6-19(13,15)3/h7,11,13-15,17,21-22,24H,4-6,8-10H2,1-3H3/t11-,13-,14-,15-,17-,18+,19+,20-/m1/s1. The van der Waals surface area contributed by atoms with Crippen LogP contribution in [0.25, 0.3) is 0 Å². The molecule has 4 aliphatic rings. The minimum Gasteiger partial charge on any atom is -0.426 e. The minimum absolute atomic E-state index is 0.0170. The molecule has 25 heavy (non-hydrogen) atoms. The van der Waals surface area contributed by atoms with Crippen LogP contribution < -0.4 is 0 Å². The van der Waals surface area contributed by atoms with Gasteiger partial charge in [-0.25, -0.2) is 4.79 Å². The van der Waals surface area contributed by atoms with Gasteiger partial charge in [0.05, 0.1) is 6.10 Å². The lowest BCUT2D eigenvalue weighted by molar-refractivity contribution is -0.237. The van der Waals surface area contributed by atoms with E-state index in [1.807, 2.05) is 6.92 Å². The Kier molecular flexibility index (Phi) is 3.71. The number of aliphatic hydroxyl groups excluding tert-OH is 2. The predicted molar refractivity (Wildman–Crippen MR) is 91.2 cm³/mol. The highest BCUT2D eigenvalue weighted by Gasteiger charge is 2.65. The van der Waals surface area contributed by atoms with E-state index in [4.69, 9.17) is 4.74 Å². The maximum Gasteiger partial charge on any atom is 0.333 e. The summed E-state index contributed by atoms with van der Waals surface area (Å²) in [5.41, 5.74) is 0.345. The third-order valence-corrected chi connectivity index (χ3v) is 8.25. The van der Waals surface area contributed by atoms with Crippen LogP contribution >= 0.6 is 0 Å². The van der Waals surface area contributed by atoms with Crippen LogP contribution in [0.5, 0.6) is 0 Å². The smallest absolute Gasteiger partial charge is 0.333 e. The summed E-state index contributed by atoms with van der Waals surface area (Å²) in [6.45, 7) is 6.51. The summed E-state index contributed by atoms with van der Waals surface area (Å²) in [5.74, 6) is -1.81. The van der Waals surface area contributed by atoms with Gasteiger partial charge in [0.2, 0.25) is 5.79 Å². The average Bonchev–Trinajstić information content (AvgIpc) is 2.85. The van der Waals surface area contributed by atoms with Gasteiger partial charge in [0.25, 0.3) is 0 Å². The SMILES string of the molecule is C[C@@H]1C2=CC(=O)O[C@]2(O)C[C@@H]2[C@@H]1[C@H](O)C[C@@H]1[C@](C)(CO)CCC[C@@]21C. The van der Waals surface area contributed by atoms with Gasteiger partial charge in [-0.1, -0.05) is 27.2 Å². The Balaban J connectivity index is 1.78. The zero-order valence-electron chi connectivity index (χ0n) is 15.4. The Bertz CT molecular complexity index is 630. The highest BCUT2D eigenvalue weighted by atomic mass is 16.7. The number of hydrogen-bond donors (Lipinski definition) is 3. The monoisotopic (exact) mass is 350 g/mol. The first-order valence-electron chi connectivity index (χ1n) is 9.61. The van der Waals surface area contributed by atoms with Gasteiger partial charge in [-0.2, -0.15) is 0 Å². The fraction of sp³-hybridized carbons (Fsp3) is 0.850. The van der Waals surface area contributed by atoms with Crippen LogP contribution in [0.4, 0.5) is 0 Å². The van der Waals surface area contributed by atoms with Crippen molar-refractivity contribution in [2.75, 3.05) is 6.61 Å². The summed E-state index contributed by atoms with van der Waals surface area (Å²) in [7, 11) is 0. The Hall–Kier alpha value is -0.910. The lowest BCUT2D eigenvalue weighted by atomic mass is 9.42. The molecular weight excluding hydrogens is 320 g/mol. The van der Waals surface area contributed by atoms with Gasteiger partial charge >= 0.3 is 5.97 Å². The second kappa shape index (κ2) is 5.30. The van der Waals surface area contributed by atoms with Crippen molar-refractivity contribution in [3.05, 3.63) is 11.6 Å². The minimum atomic E-state index is -1.52. The Labute approximate surface area is 149 Å². The number of esters is 1. The molecule has 4 rings (SSSR count). The van der Waals surface area contributed by atoms with Crippen LogP contribution in [-0.2, 0) is 9.53 Å². The summed E-state index contributed by atoms with van der Waals surface area (Å²) in [5, 5.41) is 32.1. The van der Waals surface area contributed by atoms with Crippen molar-refractivity contribution in [3.63, 3.8) is 0 Å². The van der Waals surface area contributed by atoms with E-state index in [1.54, 1.807) is 0 Å². The molecule has 0 bridgehead atoms. The van der Waals surface area contributed by atoms with Gasteiger partial charge in [0.1, 0.15) is 0 Å². The van der Waals surface area contributed by atoms with Crippen molar-refractivity contribution in [1.82, 2.24) is 0 Å². The van der Waals surface area contributed by atoms with E-state index in [1.165, 1.54) is 6.08 Å². The van der Waals surface area contributed by atoms with Crippen molar-refractivity contribution in [2.24, 2.45) is 34.5 Å². The molecule has 8 atom stereocenters. The first-order chi connectivity index (χ1) is 11.6. The molecule has 0 aromatic heterocycles. The number of hydrogen-bond acceptors (Lipinski definition) is 5. The molecule has 0 aromatic rings.